The minimum absolute atomic E-state index is 0.274. The lowest BCUT2D eigenvalue weighted by atomic mass is 9.80. The zero-order valence-electron chi connectivity index (χ0n) is 11.1. The van der Waals surface area contributed by atoms with Crippen molar-refractivity contribution in [3.8, 4) is 0 Å². The van der Waals surface area contributed by atoms with Gasteiger partial charge in [-0.05, 0) is 36.8 Å². The predicted octanol–water partition coefficient (Wildman–Crippen LogP) is 3.36. The minimum atomic E-state index is 0.274. The van der Waals surface area contributed by atoms with E-state index < -0.39 is 0 Å². The normalized spacial score (nSPS) is 11.7. The molecule has 0 aliphatic rings. The van der Waals surface area contributed by atoms with Crippen molar-refractivity contribution in [1.29, 1.82) is 0 Å². The van der Waals surface area contributed by atoms with E-state index in [-0.39, 0.29) is 5.41 Å². The maximum atomic E-state index is 5.87. The highest BCUT2D eigenvalue weighted by Crippen LogP contribution is 2.29. The van der Waals surface area contributed by atoms with Crippen LogP contribution in [0.5, 0.6) is 0 Å². The molecule has 0 radical (unpaired) electrons. The molecule has 2 nitrogen and oxygen atoms in total. The molecule has 0 amide bonds. The van der Waals surface area contributed by atoms with Gasteiger partial charge in [-0.25, -0.2) is 0 Å². The quantitative estimate of drug-likeness (QED) is 0.701. The van der Waals surface area contributed by atoms with Gasteiger partial charge in [0, 0.05) is 6.61 Å². The molecule has 2 N–H and O–H groups in total. The number of hydrogen-bond donors (Lipinski definition) is 1. The molecule has 0 heterocycles. The first-order valence-electron chi connectivity index (χ1n) is 6.58. The largest absolute Gasteiger partial charge is 0.377 e. The number of rotatable bonds is 8. The van der Waals surface area contributed by atoms with Gasteiger partial charge in [0.25, 0.3) is 0 Å². The van der Waals surface area contributed by atoms with E-state index >= 15 is 0 Å². The van der Waals surface area contributed by atoms with E-state index in [1.54, 1.807) is 0 Å². The van der Waals surface area contributed by atoms with E-state index in [0.29, 0.717) is 6.61 Å². The fraction of sp³-hybridized carbons (Fsp3) is 0.600. The monoisotopic (exact) mass is 235 g/mol. The maximum Gasteiger partial charge on any atom is 0.0716 e. The summed E-state index contributed by atoms with van der Waals surface area (Å²) in [4.78, 5) is 0. The van der Waals surface area contributed by atoms with Gasteiger partial charge in [-0.15, -0.1) is 0 Å². The Morgan fingerprint density at radius 1 is 1.12 bits per heavy atom. The molecule has 0 aliphatic heterocycles. The van der Waals surface area contributed by atoms with E-state index in [1.807, 2.05) is 18.2 Å². The molecule has 0 atom stereocenters. The van der Waals surface area contributed by atoms with Crippen molar-refractivity contribution in [2.75, 3.05) is 13.2 Å². The van der Waals surface area contributed by atoms with Gasteiger partial charge in [-0.2, -0.15) is 0 Å². The molecule has 2 heteroatoms. The maximum absolute atomic E-state index is 5.87. The number of ether oxygens (including phenoxy) is 1. The van der Waals surface area contributed by atoms with E-state index in [0.717, 1.165) is 32.4 Å². The first kappa shape index (κ1) is 14.2. The number of nitrogens with two attached hydrogens (primary N) is 1. The molecule has 1 aromatic rings. The summed E-state index contributed by atoms with van der Waals surface area (Å²) in [7, 11) is 0. The third kappa shape index (κ3) is 4.49. The number of hydrogen-bond acceptors (Lipinski definition) is 2. The summed E-state index contributed by atoms with van der Waals surface area (Å²) < 4.78 is 5.73. The highest BCUT2D eigenvalue weighted by Gasteiger charge is 2.23. The van der Waals surface area contributed by atoms with Crippen LogP contribution in [0.2, 0.25) is 0 Å². The zero-order valence-corrected chi connectivity index (χ0v) is 11.1. The highest BCUT2D eigenvalue weighted by molar-refractivity contribution is 5.13. The third-order valence-electron chi connectivity index (χ3n) is 3.82. The topological polar surface area (TPSA) is 35.2 Å². The molecule has 0 spiro atoms. The summed E-state index contributed by atoms with van der Waals surface area (Å²) in [6, 6.07) is 10.3. The summed E-state index contributed by atoms with van der Waals surface area (Å²) in [6.07, 6.45) is 3.33. The van der Waals surface area contributed by atoms with Gasteiger partial charge in [-0.3, -0.25) is 0 Å². The molecule has 1 rings (SSSR count). The van der Waals surface area contributed by atoms with Crippen LogP contribution in [-0.4, -0.2) is 13.2 Å². The van der Waals surface area contributed by atoms with Crippen molar-refractivity contribution >= 4 is 0 Å². The van der Waals surface area contributed by atoms with Gasteiger partial charge >= 0.3 is 0 Å². The SMILES string of the molecule is CCC(CC)(CN)CCOCc1ccccc1. The molecule has 0 aromatic heterocycles. The first-order chi connectivity index (χ1) is 8.26. The second-order valence-electron chi connectivity index (χ2n) is 4.70. The Balaban J connectivity index is 2.28. The van der Waals surface area contributed by atoms with E-state index in [1.165, 1.54) is 5.56 Å². The Morgan fingerprint density at radius 3 is 2.29 bits per heavy atom. The van der Waals surface area contributed by atoms with Crippen LogP contribution < -0.4 is 5.73 Å². The second kappa shape index (κ2) is 7.46. The molecule has 0 saturated carbocycles. The Morgan fingerprint density at radius 2 is 1.76 bits per heavy atom. The van der Waals surface area contributed by atoms with E-state index in [4.69, 9.17) is 10.5 Å². The van der Waals surface area contributed by atoms with Crippen molar-refractivity contribution in [2.45, 2.75) is 39.7 Å². The van der Waals surface area contributed by atoms with Gasteiger partial charge in [0.05, 0.1) is 6.61 Å². The second-order valence-corrected chi connectivity index (χ2v) is 4.70. The summed E-state index contributed by atoms with van der Waals surface area (Å²) in [5, 5.41) is 0. The fourth-order valence-electron chi connectivity index (χ4n) is 2.05. The lowest BCUT2D eigenvalue weighted by Crippen LogP contribution is -2.30. The Kier molecular flexibility index (Phi) is 6.23. The van der Waals surface area contributed by atoms with Gasteiger partial charge < -0.3 is 10.5 Å². The third-order valence-corrected chi connectivity index (χ3v) is 3.82. The van der Waals surface area contributed by atoms with Gasteiger partial charge in [0.15, 0.2) is 0 Å². The molecule has 96 valence electrons. The van der Waals surface area contributed by atoms with Crippen molar-refractivity contribution < 1.29 is 4.74 Å². The first-order valence-corrected chi connectivity index (χ1v) is 6.58. The van der Waals surface area contributed by atoms with Crippen LogP contribution in [0.3, 0.4) is 0 Å². The molecular weight excluding hydrogens is 210 g/mol. The van der Waals surface area contributed by atoms with Crippen LogP contribution in [-0.2, 0) is 11.3 Å². The van der Waals surface area contributed by atoms with Crippen LogP contribution in [0, 0.1) is 5.41 Å². The minimum Gasteiger partial charge on any atom is -0.377 e. The molecule has 17 heavy (non-hydrogen) atoms. The molecule has 0 bridgehead atoms. The molecule has 0 unspecified atom stereocenters. The van der Waals surface area contributed by atoms with Crippen molar-refractivity contribution in [2.24, 2.45) is 11.1 Å². The van der Waals surface area contributed by atoms with Crippen LogP contribution in [0.15, 0.2) is 30.3 Å². The van der Waals surface area contributed by atoms with Crippen molar-refractivity contribution in [3.63, 3.8) is 0 Å². The van der Waals surface area contributed by atoms with Crippen molar-refractivity contribution in [3.05, 3.63) is 35.9 Å². The zero-order chi connectivity index (χ0) is 12.6. The molecule has 1 aromatic carbocycles. The van der Waals surface area contributed by atoms with E-state index in [9.17, 15) is 0 Å². The highest BCUT2D eigenvalue weighted by atomic mass is 16.5. The Labute approximate surface area is 105 Å². The summed E-state index contributed by atoms with van der Waals surface area (Å²) in [5.41, 5.74) is 7.38. The summed E-state index contributed by atoms with van der Waals surface area (Å²) in [6.45, 7) is 6.69. The van der Waals surface area contributed by atoms with Crippen LogP contribution in [0.4, 0.5) is 0 Å². The standard InChI is InChI=1S/C15H25NO/c1-3-15(4-2,13-16)10-11-17-12-14-8-6-5-7-9-14/h5-9H,3-4,10-13,16H2,1-2H3. The van der Waals surface area contributed by atoms with Crippen LogP contribution in [0.25, 0.3) is 0 Å². The molecule has 0 aliphatic carbocycles. The Bertz CT molecular complexity index is 285. The van der Waals surface area contributed by atoms with Crippen LogP contribution in [0.1, 0.15) is 38.7 Å². The van der Waals surface area contributed by atoms with Crippen molar-refractivity contribution in [1.82, 2.24) is 0 Å². The fourth-order valence-corrected chi connectivity index (χ4v) is 2.05. The van der Waals surface area contributed by atoms with Crippen LogP contribution >= 0.6 is 0 Å². The summed E-state index contributed by atoms with van der Waals surface area (Å²) in [5.74, 6) is 0. The number of benzene rings is 1. The lowest BCUT2D eigenvalue weighted by molar-refractivity contribution is 0.0812. The Hall–Kier alpha value is -0.860. The molecular formula is C15H25NO. The average molecular weight is 235 g/mol. The lowest BCUT2D eigenvalue weighted by Gasteiger charge is -2.29. The smallest absolute Gasteiger partial charge is 0.0716 e. The summed E-state index contributed by atoms with van der Waals surface area (Å²) >= 11 is 0. The predicted molar refractivity (Wildman–Crippen MR) is 72.8 cm³/mol. The van der Waals surface area contributed by atoms with Gasteiger partial charge in [0.2, 0.25) is 0 Å². The van der Waals surface area contributed by atoms with Gasteiger partial charge in [0.1, 0.15) is 0 Å². The van der Waals surface area contributed by atoms with Gasteiger partial charge in [-0.1, -0.05) is 44.2 Å². The van der Waals surface area contributed by atoms with E-state index in [2.05, 4.69) is 26.0 Å². The molecule has 0 fully saturated rings. The average Bonchev–Trinajstić information content (AvgIpc) is 2.41. The molecule has 0 saturated heterocycles.